The summed E-state index contributed by atoms with van der Waals surface area (Å²) in [5.41, 5.74) is 10.0. The van der Waals surface area contributed by atoms with Crippen LogP contribution in [0.5, 0.6) is 0 Å². The van der Waals surface area contributed by atoms with Gasteiger partial charge in [0.05, 0.1) is 0 Å². The molecule has 1 aromatic heterocycles. The minimum absolute atomic E-state index is 0.631. The third-order valence-corrected chi connectivity index (χ3v) is 13.3. The Morgan fingerprint density at radius 3 is 1.12 bits per heavy atom. The first-order chi connectivity index (χ1) is 32.7. The zero-order valence-electron chi connectivity index (χ0n) is 35.9. The third-order valence-electron chi connectivity index (χ3n) is 13.3. The maximum Gasteiger partial charge on any atom is 0.164 e. The van der Waals surface area contributed by atoms with Crippen molar-refractivity contribution < 1.29 is 0 Å². The van der Waals surface area contributed by atoms with Crippen molar-refractivity contribution in [3.05, 3.63) is 237 Å². The maximum absolute atomic E-state index is 5.20. The molecular formula is C63H39N3. The van der Waals surface area contributed by atoms with E-state index < -0.39 is 0 Å². The fourth-order valence-electron chi connectivity index (χ4n) is 10.1. The molecule has 66 heavy (non-hydrogen) atoms. The zero-order valence-corrected chi connectivity index (χ0v) is 35.9. The summed E-state index contributed by atoms with van der Waals surface area (Å²) in [7, 11) is 0. The van der Waals surface area contributed by atoms with E-state index in [-0.39, 0.29) is 0 Å². The summed E-state index contributed by atoms with van der Waals surface area (Å²) in [4.78, 5) is 15.6. The van der Waals surface area contributed by atoms with Crippen LogP contribution in [-0.4, -0.2) is 15.0 Å². The quantitative estimate of drug-likeness (QED) is 0.157. The average molecular weight is 838 g/mol. The second-order valence-electron chi connectivity index (χ2n) is 17.1. The van der Waals surface area contributed by atoms with Crippen molar-refractivity contribution >= 4 is 64.6 Å². The molecule has 0 radical (unpaired) electrons. The summed E-state index contributed by atoms with van der Waals surface area (Å²) in [6.07, 6.45) is 0. The highest BCUT2D eigenvalue weighted by Crippen LogP contribution is 2.46. The van der Waals surface area contributed by atoms with Crippen LogP contribution in [0.2, 0.25) is 0 Å². The van der Waals surface area contributed by atoms with E-state index in [1.165, 1.54) is 65.3 Å². The van der Waals surface area contributed by atoms with Gasteiger partial charge in [0.2, 0.25) is 0 Å². The maximum atomic E-state index is 5.20. The van der Waals surface area contributed by atoms with Gasteiger partial charge < -0.3 is 0 Å². The third kappa shape index (κ3) is 6.40. The molecule has 0 aliphatic carbocycles. The first-order valence-corrected chi connectivity index (χ1v) is 22.5. The zero-order chi connectivity index (χ0) is 43.6. The predicted octanol–water partition coefficient (Wildman–Crippen LogP) is 16.8. The first-order valence-electron chi connectivity index (χ1n) is 22.5. The molecule has 306 valence electrons. The van der Waals surface area contributed by atoms with Gasteiger partial charge in [0.25, 0.3) is 0 Å². The van der Waals surface area contributed by atoms with Gasteiger partial charge in [-0.2, -0.15) is 0 Å². The second kappa shape index (κ2) is 15.5. The molecule has 1 heterocycles. The van der Waals surface area contributed by atoms with Crippen LogP contribution in [-0.2, 0) is 0 Å². The highest BCUT2D eigenvalue weighted by molar-refractivity contribution is 6.22. The molecule has 0 aliphatic rings. The minimum Gasteiger partial charge on any atom is -0.208 e. The van der Waals surface area contributed by atoms with Gasteiger partial charge in [-0.15, -0.1) is 0 Å². The highest BCUT2D eigenvalue weighted by Gasteiger charge is 2.20. The molecule has 0 bridgehead atoms. The average Bonchev–Trinajstić information content (AvgIpc) is 3.39. The van der Waals surface area contributed by atoms with Crippen LogP contribution < -0.4 is 0 Å². The van der Waals surface area contributed by atoms with Gasteiger partial charge in [-0.1, -0.05) is 218 Å². The van der Waals surface area contributed by atoms with Crippen LogP contribution in [0, 0.1) is 0 Å². The van der Waals surface area contributed by atoms with Gasteiger partial charge in [0, 0.05) is 16.7 Å². The van der Waals surface area contributed by atoms with Crippen molar-refractivity contribution in [1.82, 2.24) is 15.0 Å². The van der Waals surface area contributed by atoms with Crippen LogP contribution in [0.1, 0.15) is 0 Å². The Morgan fingerprint density at radius 1 is 0.197 bits per heavy atom. The van der Waals surface area contributed by atoms with E-state index in [1.54, 1.807) is 0 Å². The SMILES string of the molecule is c1ccc2cc(-c3c4ccccc4c(-c4ccc5ccccc5c4)c4cc(-c5ccc(-c6nc(-c7cccc8ccccc78)nc(-c7cccc8ccccc78)n6)cc5)ccc34)ccc2c1. The fraction of sp³-hybridized carbons (Fsp3) is 0. The molecule has 12 aromatic carbocycles. The lowest BCUT2D eigenvalue weighted by atomic mass is 9.84. The van der Waals surface area contributed by atoms with E-state index in [9.17, 15) is 0 Å². The Labute approximate surface area is 382 Å². The summed E-state index contributed by atoms with van der Waals surface area (Å²) in [6.45, 7) is 0. The van der Waals surface area contributed by atoms with Crippen LogP contribution in [0.3, 0.4) is 0 Å². The van der Waals surface area contributed by atoms with Gasteiger partial charge in [0.1, 0.15) is 0 Å². The molecule has 0 saturated heterocycles. The Kier molecular flexibility index (Phi) is 8.85. The van der Waals surface area contributed by atoms with Gasteiger partial charge >= 0.3 is 0 Å². The summed E-state index contributed by atoms with van der Waals surface area (Å²) in [5.74, 6) is 1.93. The van der Waals surface area contributed by atoms with Crippen molar-refractivity contribution in [3.8, 4) is 67.5 Å². The molecule has 13 rings (SSSR count). The molecule has 0 saturated carbocycles. The normalized spacial score (nSPS) is 11.6. The van der Waals surface area contributed by atoms with Crippen LogP contribution in [0.15, 0.2) is 237 Å². The lowest BCUT2D eigenvalue weighted by Crippen LogP contribution is -2.01. The van der Waals surface area contributed by atoms with Crippen LogP contribution in [0.4, 0.5) is 0 Å². The molecule has 0 atom stereocenters. The summed E-state index contributed by atoms with van der Waals surface area (Å²) in [5, 5.41) is 14.3. The van der Waals surface area contributed by atoms with E-state index in [0.717, 1.165) is 49.4 Å². The lowest BCUT2D eigenvalue weighted by Gasteiger charge is -2.19. The Hall–Kier alpha value is -8.79. The largest absolute Gasteiger partial charge is 0.208 e. The number of fused-ring (bicyclic) bond motifs is 6. The van der Waals surface area contributed by atoms with E-state index in [0.29, 0.717) is 17.5 Å². The van der Waals surface area contributed by atoms with Crippen molar-refractivity contribution in [2.45, 2.75) is 0 Å². The Morgan fingerprint density at radius 2 is 0.576 bits per heavy atom. The Bertz CT molecular complexity index is 3950. The molecule has 3 nitrogen and oxygen atoms in total. The molecule has 0 fully saturated rings. The molecule has 13 aromatic rings. The summed E-state index contributed by atoms with van der Waals surface area (Å²) < 4.78 is 0. The predicted molar refractivity (Wildman–Crippen MR) is 277 cm³/mol. The molecular weight excluding hydrogens is 799 g/mol. The van der Waals surface area contributed by atoms with Gasteiger partial charge in [-0.05, 0) is 116 Å². The molecule has 0 unspecified atom stereocenters. The van der Waals surface area contributed by atoms with Crippen LogP contribution >= 0.6 is 0 Å². The highest BCUT2D eigenvalue weighted by atomic mass is 15.0. The number of nitrogens with zero attached hydrogens (tertiary/aromatic N) is 3. The van der Waals surface area contributed by atoms with Gasteiger partial charge in [0.15, 0.2) is 17.5 Å². The van der Waals surface area contributed by atoms with Crippen molar-refractivity contribution in [2.75, 3.05) is 0 Å². The monoisotopic (exact) mass is 837 g/mol. The summed E-state index contributed by atoms with van der Waals surface area (Å²) in [6, 6.07) is 85.1. The van der Waals surface area contributed by atoms with Gasteiger partial charge in [-0.3, -0.25) is 0 Å². The van der Waals surface area contributed by atoms with E-state index in [2.05, 4.69) is 237 Å². The van der Waals surface area contributed by atoms with Gasteiger partial charge in [-0.25, -0.2) is 15.0 Å². The standard InChI is InChI=1S/C63H39N3/c1-3-17-46-37-49(33-29-40(46)13-1)59-53-23-9-10-24-54(53)60(50-34-30-41-14-2-4-18-47(41)38-50)58-39-48(35-36-55(58)59)42-27-31-45(32-28-42)61-64-62(56-25-11-19-43-15-5-7-21-51(43)56)66-63(65-61)57-26-12-20-44-16-6-8-22-52(44)57/h1-39H. The van der Waals surface area contributed by atoms with Crippen molar-refractivity contribution in [1.29, 1.82) is 0 Å². The van der Waals surface area contributed by atoms with E-state index in [1.807, 2.05) is 0 Å². The number of hydrogen-bond acceptors (Lipinski definition) is 3. The summed E-state index contributed by atoms with van der Waals surface area (Å²) >= 11 is 0. The first kappa shape index (κ1) is 37.7. The van der Waals surface area contributed by atoms with E-state index >= 15 is 0 Å². The number of aromatic nitrogens is 3. The molecule has 0 amide bonds. The molecule has 3 heteroatoms. The van der Waals surface area contributed by atoms with Crippen molar-refractivity contribution in [2.24, 2.45) is 0 Å². The molecule has 0 aliphatic heterocycles. The number of rotatable bonds is 6. The molecule has 0 N–H and O–H groups in total. The number of hydrogen-bond donors (Lipinski definition) is 0. The Balaban J connectivity index is 0.990. The van der Waals surface area contributed by atoms with E-state index in [4.69, 9.17) is 15.0 Å². The molecule has 0 spiro atoms. The smallest absolute Gasteiger partial charge is 0.164 e. The lowest BCUT2D eigenvalue weighted by molar-refractivity contribution is 1.08. The minimum atomic E-state index is 0.631. The van der Waals surface area contributed by atoms with Crippen LogP contribution in [0.25, 0.3) is 132 Å². The topological polar surface area (TPSA) is 38.7 Å². The second-order valence-corrected chi connectivity index (χ2v) is 17.1. The number of benzene rings is 12. The van der Waals surface area contributed by atoms with Crippen molar-refractivity contribution in [3.63, 3.8) is 0 Å². The fourth-order valence-corrected chi connectivity index (χ4v) is 10.1.